The summed E-state index contributed by atoms with van der Waals surface area (Å²) < 4.78 is 20.2. The van der Waals surface area contributed by atoms with Crippen molar-refractivity contribution in [3.8, 4) is 5.75 Å². The fourth-order valence-corrected chi connectivity index (χ4v) is 2.09. The van der Waals surface area contributed by atoms with Gasteiger partial charge in [-0.3, -0.25) is 4.68 Å². The van der Waals surface area contributed by atoms with Crippen molar-refractivity contribution in [2.75, 3.05) is 7.11 Å². The second-order valence-corrected chi connectivity index (χ2v) is 4.35. The van der Waals surface area contributed by atoms with E-state index in [1.54, 1.807) is 24.0 Å². The molecule has 1 atom stereocenters. The van der Waals surface area contributed by atoms with Crippen LogP contribution in [0.5, 0.6) is 5.75 Å². The van der Waals surface area contributed by atoms with Gasteiger partial charge in [-0.1, -0.05) is 13.0 Å². The number of aliphatic hydroxyl groups is 1. The fourth-order valence-electron chi connectivity index (χ4n) is 2.09. The van der Waals surface area contributed by atoms with Crippen LogP contribution in [0.4, 0.5) is 4.39 Å². The first-order valence-electron chi connectivity index (χ1n) is 6.10. The molecule has 0 radical (unpaired) electrons. The average Bonchev–Trinajstić information content (AvgIpc) is 2.79. The summed E-state index contributed by atoms with van der Waals surface area (Å²) in [5.74, 6) is -0.321. The van der Waals surface area contributed by atoms with E-state index < -0.39 is 11.9 Å². The van der Waals surface area contributed by atoms with Crippen LogP contribution in [0.15, 0.2) is 24.4 Å². The van der Waals surface area contributed by atoms with Gasteiger partial charge in [0, 0.05) is 18.8 Å². The molecule has 2 aromatic rings. The molecule has 0 bridgehead atoms. The van der Waals surface area contributed by atoms with Crippen molar-refractivity contribution in [2.24, 2.45) is 7.05 Å². The van der Waals surface area contributed by atoms with E-state index in [1.807, 2.05) is 6.92 Å². The second-order valence-electron chi connectivity index (χ2n) is 4.35. The summed E-state index contributed by atoms with van der Waals surface area (Å²) in [5.41, 5.74) is 2.00. The van der Waals surface area contributed by atoms with Crippen LogP contribution in [0.3, 0.4) is 0 Å². The van der Waals surface area contributed by atoms with Crippen molar-refractivity contribution >= 4 is 0 Å². The predicted molar refractivity (Wildman–Crippen MR) is 69.6 cm³/mol. The van der Waals surface area contributed by atoms with E-state index in [1.165, 1.54) is 19.2 Å². The van der Waals surface area contributed by atoms with E-state index in [0.29, 0.717) is 17.5 Å². The Balaban J connectivity index is 2.38. The molecule has 0 aliphatic heterocycles. The largest absolute Gasteiger partial charge is 0.494 e. The molecule has 102 valence electrons. The molecule has 0 saturated carbocycles. The monoisotopic (exact) mass is 264 g/mol. The molecule has 0 fully saturated rings. The summed E-state index contributed by atoms with van der Waals surface area (Å²) in [6, 6.07) is 4.45. The normalized spacial score (nSPS) is 12.5. The smallest absolute Gasteiger partial charge is 0.165 e. The zero-order valence-corrected chi connectivity index (χ0v) is 11.2. The van der Waals surface area contributed by atoms with Crippen molar-refractivity contribution in [3.05, 3.63) is 47.0 Å². The number of aliphatic hydroxyl groups excluding tert-OH is 1. The Morgan fingerprint density at radius 3 is 2.79 bits per heavy atom. The van der Waals surface area contributed by atoms with Crippen LogP contribution in [-0.4, -0.2) is 22.0 Å². The molecule has 1 aromatic heterocycles. The predicted octanol–water partition coefficient (Wildman–Crippen LogP) is 2.21. The molecule has 1 aromatic carbocycles. The van der Waals surface area contributed by atoms with Crippen LogP contribution in [0.25, 0.3) is 0 Å². The average molecular weight is 264 g/mol. The quantitative estimate of drug-likeness (QED) is 0.921. The van der Waals surface area contributed by atoms with Crippen molar-refractivity contribution in [1.82, 2.24) is 9.78 Å². The molecular formula is C14H17FN2O2. The number of halogens is 1. The number of nitrogens with zero attached hydrogens (tertiary/aromatic N) is 2. The molecule has 19 heavy (non-hydrogen) atoms. The number of hydrogen-bond acceptors (Lipinski definition) is 3. The van der Waals surface area contributed by atoms with Crippen LogP contribution in [0.1, 0.15) is 29.8 Å². The lowest BCUT2D eigenvalue weighted by molar-refractivity contribution is 0.218. The number of methoxy groups -OCH3 is 1. The van der Waals surface area contributed by atoms with Gasteiger partial charge in [-0.15, -0.1) is 0 Å². The van der Waals surface area contributed by atoms with Gasteiger partial charge in [0.25, 0.3) is 0 Å². The summed E-state index contributed by atoms with van der Waals surface area (Å²) in [7, 11) is 3.20. The van der Waals surface area contributed by atoms with Crippen LogP contribution in [-0.2, 0) is 13.5 Å². The third-order valence-electron chi connectivity index (χ3n) is 3.06. The lowest BCUT2D eigenvalue weighted by Gasteiger charge is -2.12. The highest BCUT2D eigenvalue weighted by Crippen LogP contribution is 2.28. The molecule has 0 aliphatic rings. The van der Waals surface area contributed by atoms with Crippen molar-refractivity contribution in [1.29, 1.82) is 0 Å². The van der Waals surface area contributed by atoms with Gasteiger partial charge in [0.2, 0.25) is 0 Å². The maximum atomic E-state index is 13.7. The highest BCUT2D eigenvalue weighted by atomic mass is 19.1. The Labute approximate surface area is 111 Å². The van der Waals surface area contributed by atoms with E-state index in [-0.39, 0.29) is 5.75 Å². The Kier molecular flexibility index (Phi) is 3.85. The number of hydrogen-bond donors (Lipinski definition) is 1. The number of aryl methyl sites for hydroxylation is 2. The lowest BCUT2D eigenvalue weighted by Crippen LogP contribution is -2.02. The molecule has 0 spiro atoms. The highest BCUT2D eigenvalue weighted by Gasteiger charge is 2.18. The number of aromatic nitrogens is 2. The van der Waals surface area contributed by atoms with Gasteiger partial charge in [-0.25, -0.2) is 4.39 Å². The summed E-state index contributed by atoms with van der Waals surface area (Å²) >= 11 is 0. The second kappa shape index (κ2) is 5.40. The Bertz CT molecular complexity index is 581. The Morgan fingerprint density at radius 1 is 1.47 bits per heavy atom. The molecule has 0 aliphatic carbocycles. The molecule has 0 saturated heterocycles. The molecule has 2 rings (SSSR count). The SMILES string of the molecule is CCc1nn(C)cc1C(O)c1ccc(OC)c(F)c1. The number of benzene rings is 1. The van der Waals surface area contributed by atoms with E-state index in [2.05, 4.69) is 5.10 Å². The van der Waals surface area contributed by atoms with Gasteiger partial charge in [0.1, 0.15) is 6.10 Å². The van der Waals surface area contributed by atoms with Crippen molar-refractivity contribution in [3.63, 3.8) is 0 Å². The van der Waals surface area contributed by atoms with Crippen molar-refractivity contribution < 1.29 is 14.2 Å². The first-order chi connectivity index (χ1) is 9.06. The topological polar surface area (TPSA) is 47.3 Å². The van der Waals surface area contributed by atoms with E-state index in [4.69, 9.17) is 4.74 Å². The van der Waals surface area contributed by atoms with Gasteiger partial charge in [0.05, 0.1) is 12.8 Å². The minimum Gasteiger partial charge on any atom is -0.494 e. The minimum atomic E-state index is -0.885. The number of rotatable bonds is 4. The van der Waals surface area contributed by atoms with Crippen LogP contribution in [0, 0.1) is 5.82 Å². The van der Waals surface area contributed by atoms with E-state index >= 15 is 0 Å². The molecular weight excluding hydrogens is 247 g/mol. The zero-order valence-electron chi connectivity index (χ0n) is 11.2. The fraction of sp³-hybridized carbons (Fsp3) is 0.357. The van der Waals surface area contributed by atoms with E-state index in [0.717, 1.165) is 5.69 Å². The van der Waals surface area contributed by atoms with Crippen LogP contribution in [0.2, 0.25) is 0 Å². The summed E-state index contributed by atoms with van der Waals surface area (Å²) in [6.45, 7) is 1.97. The number of ether oxygens (including phenoxy) is 1. The van der Waals surface area contributed by atoms with Gasteiger partial charge in [0.15, 0.2) is 11.6 Å². The van der Waals surface area contributed by atoms with Gasteiger partial charge in [-0.05, 0) is 24.1 Å². The minimum absolute atomic E-state index is 0.165. The Hall–Kier alpha value is -1.88. The van der Waals surface area contributed by atoms with Crippen LogP contribution < -0.4 is 4.74 Å². The van der Waals surface area contributed by atoms with E-state index in [9.17, 15) is 9.50 Å². The highest BCUT2D eigenvalue weighted by molar-refractivity contribution is 5.36. The molecule has 4 nitrogen and oxygen atoms in total. The molecule has 0 amide bonds. The van der Waals surface area contributed by atoms with Gasteiger partial charge < -0.3 is 9.84 Å². The van der Waals surface area contributed by atoms with Gasteiger partial charge >= 0.3 is 0 Å². The third-order valence-corrected chi connectivity index (χ3v) is 3.06. The zero-order chi connectivity index (χ0) is 14.0. The molecule has 1 unspecified atom stereocenters. The summed E-state index contributed by atoms with van der Waals surface area (Å²) in [6.07, 6.45) is 1.58. The Morgan fingerprint density at radius 2 is 2.21 bits per heavy atom. The van der Waals surface area contributed by atoms with Crippen LogP contribution >= 0.6 is 0 Å². The first kappa shape index (κ1) is 13.5. The van der Waals surface area contributed by atoms with Crippen molar-refractivity contribution in [2.45, 2.75) is 19.4 Å². The maximum Gasteiger partial charge on any atom is 0.165 e. The maximum absolute atomic E-state index is 13.7. The third kappa shape index (κ3) is 2.61. The molecule has 5 heteroatoms. The lowest BCUT2D eigenvalue weighted by atomic mass is 10.0. The molecule has 1 N–H and O–H groups in total. The summed E-state index contributed by atoms with van der Waals surface area (Å²) in [5, 5.41) is 14.6. The summed E-state index contributed by atoms with van der Waals surface area (Å²) in [4.78, 5) is 0. The molecule has 1 heterocycles. The first-order valence-corrected chi connectivity index (χ1v) is 6.10. The standard InChI is InChI=1S/C14H17FN2O2/c1-4-12-10(8-17(2)16-12)14(18)9-5-6-13(19-3)11(15)7-9/h5-8,14,18H,4H2,1-3H3. The van der Waals surface area contributed by atoms with Gasteiger partial charge in [-0.2, -0.15) is 5.10 Å².